The predicted molar refractivity (Wildman–Crippen MR) is 157 cm³/mol. The summed E-state index contributed by atoms with van der Waals surface area (Å²) >= 11 is 7.07. The number of nitrogens with zero attached hydrogens (tertiary/aromatic N) is 4. The van der Waals surface area contributed by atoms with E-state index < -0.39 is 40.2 Å². The Morgan fingerprint density at radius 1 is 1.28 bits per heavy atom. The van der Waals surface area contributed by atoms with Gasteiger partial charge in [0.1, 0.15) is 22.6 Å². The number of likely N-dealkylation sites (N-methyl/N-ethyl adjacent to an activating group) is 1. The van der Waals surface area contributed by atoms with Crippen molar-refractivity contribution in [3.63, 3.8) is 0 Å². The van der Waals surface area contributed by atoms with Gasteiger partial charge in [0.05, 0.1) is 19.8 Å². The summed E-state index contributed by atoms with van der Waals surface area (Å²) in [5.74, 6) is -1.01. The fourth-order valence-corrected chi connectivity index (χ4v) is 7.71. The van der Waals surface area contributed by atoms with E-state index in [9.17, 15) is 18.0 Å². The van der Waals surface area contributed by atoms with Crippen molar-refractivity contribution in [1.29, 1.82) is 0 Å². The van der Waals surface area contributed by atoms with Crippen LogP contribution in [0.4, 0.5) is 10.1 Å². The van der Waals surface area contributed by atoms with Crippen molar-refractivity contribution in [2.45, 2.75) is 23.2 Å². The van der Waals surface area contributed by atoms with Crippen molar-refractivity contribution in [2.24, 2.45) is 5.73 Å². The van der Waals surface area contributed by atoms with E-state index >= 15 is 4.39 Å². The summed E-state index contributed by atoms with van der Waals surface area (Å²) in [4.78, 5) is 38.4. The largest absolute Gasteiger partial charge is 0.554 e. The van der Waals surface area contributed by atoms with E-state index in [1.54, 1.807) is 41.2 Å². The molecule has 43 heavy (non-hydrogen) atoms. The monoisotopic (exact) mass is 650 g/mol. The van der Waals surface area contributed by atoms with Crippen LogP contribution in [-0.2, 0) is 31.0 Å². The van der Waals surface area contributed by atoms with Crippen LogP contribution in [0.2, 0.25) is 5.02 Å². The Morgan fingerprint density at radius 2 is 2.00 bits per heavy atom. The first kappa shape index (κ1) is 32.0. The number of fused-ring (bicyclic) bond motifs is 1. The molecule has 0 radical (unpaired) electrons. The van der Waals surface area contributed by atoms with Crippen LogP contribution in [0.25, 0.3) is 15.8 Å². The lowest BCUT2D eigenvalue weighted by atomic mass is 10.2. The number of nitrogens with one attached hydrogen (secondary N) is 1. The lowest BCUT2D eigenvalue weighted by Gasteiger charge is -2.28. The molecule has 2 aromatic heterocycles. The first-order chi connectivity index (χ1) is 20.2. The molecule has 0 unspecified atom stereocenters. The fourth-order valence-electron chi connectivity index (χ4n) is 4.80. The molecule has 12 nitrogen and oxygen atoms in total. The molecule has 0 bridgehead atoms. The van der Waals surface area contributed by atoms with E-state index in [0.717, 1.165) is 16.7 Å². The third-order valence-corrected chi connectivity index (χ3v) is 9.88. The highest BCUT2D eigenvalue weighted by atomic mass is 35.5. The van der Waals surface area contributed by atoms with Gasteiger partial charge in [0.15, 0.2) is 12.4 Å². The molecule has 1 aliphatic heterocycles. The second-order valence-electron chi connectivity index (χ2n) is 10.4. The van der Waals surface area contributed by atoms with Crippen LogP contribution in [-0.4, -0.2) is 74.0 Å². The molecule has 1 fully saturated rings. The number of imidazole rings is 1. The van der Waals surface area contributed by atoms with Crippen LogP contribution < -0.4 is 20.5 Å². The Balaban J connectivity index is 0.00000135. The second-order valence-corrected chi connectivity index (χ2v) is 13.8. The normalized spacial score (nSPS) is 15.4. The SMILES string of the molecule is C[N+](C)(CC(N)=O)Cc1nccn1-c1ccc(N2CC[C@H](NS(=O)(=O)c3cc4ccc(Cl)cc4s3)C2=O)c(F)c1.O=C[O-]. The Hall–Kier alpha value is -3.89. The number of hydrogen-bond acceptors (Lipinski definition) is 8. The lowest BCUT2D eigenvalue weighted by molar-refractivity contribution is -0.896. The molecule has 228 valence electrons. The third kappa shape index (κ3) is 7.37. The summed E-state index contributed by atoms with van der Waals surface area (Å²) in [6.45, 7) is 0.136. The van der Waals surface area contributed by atoms with E-state index in [2.05, 4.69) is 9.71 Å². The van der Waals surface area contributed by atoms with Gasteiger partial charge in [-0.1, -0.05) is 17.7 Å². The summed E-state index contributed by atoms with van der Waals surface area (Å²) in [6, 6.07) is 10.0. The van der Waals surface area contributed by atoms with Gasteiger partial charge in [-0.3, -0.25) is 14.2 Å². The number of quaternary nitrogens is 1. The minimum atomic E-state index is -3.99. The summed E-state index contributed by atoms with van der Waals surface area (Å²) in [5, 5.41) is 9.48. The maximum absolute atomic E-state index is 15.3. The molecule has 3 heterocycles. The predicted octanol–water partition coefficient (Wildman–Crippen LogP) is 1.39. The smallest absolute Gasteiger partial charge is 0.272 e. The number of rotatable bonds is 9. The van der Waals surface area contributed by atoms with Gasteiger partial charge in [0.25, 0.3) is 15.9 Å². The maximum atomic E-state index is 15.3. The highest BCUT2D eigenvalue weighted by molar-refractivity contribution is 7.91. The number of nitrogens with two attached hydrogens (primary N) is 1. The van der Waals surface area contributed by atoms with Gasteiger partial charge in [-0.2, -0.15) is 4.72 Å². The number of amides is 2. The average Bonchev–Trinajstić information content (AvgIpc) is 3.63. The summed E-state index contributed by atoms with van der Waals surface area (Å²) in [7, 11) is -0.306. The van der Waals surface area contributed by atoms with Gasteiger partial charge >= 0.3 is 0 Å². The number of hydrogen-bond donors (Lipinski definition) is 2. The molecule has 0 aliphatic carbocycles. The molecule has 4 aromatic rings. The van der Waals surface area contributed by atoms with Crippen molar-refractivity contribution in [3.8, 4) is 5.69 Å². The number of thiophene rings is 1. The molecule has 16 heteroatoms. The molecule has 2 amide bonds. The molecular weight excluding hydrogens is 623 g/mol. The first-order valence-corrected chi connectivity index (χ1v) is 15.4. The van der Waals surface area contributed by atoms with Crippen LogP contribution in [0.15, 0.2) is 59.1 Å². The van der Waals surface area contributed by atoms with Crippen LogP contribution >= 0.6 is 22.9 Å². The molecule has 5 rings (SSSR count). The number of carbonyl (C=O) groups is 3. The topological polar surface area (TPSA) is 168 Å². The minimum Gasteiger partial charge on any atom is -0.554 e. The van der Waals surface area contributed by atoms with Crippen molar-refractivity contribution >= 4 is 67.0 Å². The number of aromatic nitrogens is 2. The first-order valence-electron chi connectivity index (χ1n) is 12.8. The van der Waals surface area contributed by atoms with E-state index in [1.165, 1.54) is 23.1 Å². The van der Waals surface area contributed by atoms with Crippen LogP contribution in [0.3, 0.4) is 0 Å². The number of primary amides is 1. The maximum Gasteiger partial charge on any atom is 0.272 e. The molecule has 0 spiro atoms. The molecular formula is C27H28ClFN6O6S2. The third-order valence-electron chi connectivity index (χ3n) is 6.60. The number of anilines is 1. The lowest BCUT2D eigenvalue weighted by Crippen LogP contribution is -2.45. The molecule has 3 N–H and O–H groups in total. The van der Waals surface area contributed by atoms with Gasteiger partial charge in [-0.25, -0.2) is 17.8 Å². The minimum absolute atomic E-state index is 0.0541. The number of halogens is 2. The number of carbonyl (C=O) groups excluding carboxylic acids is 3. The Labute approximate surface area is 255 Å². The molecule has 1 saturated heterocycles. The zero-order chi connectivity index (χ0) is 31.5. The summed E-state index contributed by atoms with van der Waals surface area (Å²) in [6.07, 6.45) is 3.45. The molecule has 1 atom stereocenters. The van der Waals surface area contributed by atoms with E-state index in [1.807, 2.05) is 14.1 Å². The molecule has 2 aromatic carbocycles. The summed E-state index contributed by atoms with van der Waals surface area (Å²) in [5.41, 5.74) is 5.89. The average molecular weight is 651 g/mol. The van der Waals surface area contributed by atoms with E-state index in [-0.39, 0.29) is 33.9 Å². The van der Waals surface area contributed by atoms with Crippen molar-refractivity contribution in [3.05, 3.63) is 71.5 Å². The zero-order valence-corrected chi connectivity index (χ0v) is 25.5. The van der Waals surface area contributed by atoms with Gasteiger partial charge in [0.2, 0.25) is 5.91 Å². The fraction of sp³-hybridized carbons (Fsp3) is 0.259. The van der Waals surface area contributed by atoms with Gasteiger partial charge < -0.3 is 25.0 Å². The number of carboxylic acid groups (broad SMARTS) is 1. The highest BCUT2D eigenvalue weighted by Crippen LogP contribution is 2.32. The van der Waals surface area contributed by atoms with Crippen molar-refractivity contribution < 1.29 is 36.8 Å². The molecule has 0 saturated carbocycles. The Kier molecular flexibility index (Phi) is 9.51. The highest BCUT2D eigenvalue weighted by Gasteiger charge is 2.37. The standard InChI is InChI=1S/C26H26ClFN6O4S2.CH2O2/c1-34(2,14-23(29)35)15-24-30-8-10-32(24)18-5-6-21(19(28)13-18)33-9-7-20(26(33)36)31-40(37,38)25-11-16-3-4-17(27)12-22(16)39-25;2-1-3/h3-6,8,10-13,20,31H,7,9,14-15H2,1-2H3,(H-,29,35);1H,(H,2,3)/t20-;/m0./s1. The quantitative estimate of drug-likeness (QED) is 0.204. The molecule has 1 aliphatic rings. The van der Waals surface area contributed by atoms with Gasteiger partial charge in [0, 0.05) is 46.9 Å². The van der Waals surface area contributed by atoms with Crippen LogP contribution in [0.5, 0.6) is 0 Å². The zero-order valence-electron chi connectivity index (χ0n) is 23.1. The second kappa shape index (κ2) is 12.8. The number of sulfonamides is 1. The van der Waals surface area contributed by atoms with Crippen molar-refractivity contribution in [2.75, 3.05) is 32.1 Å². The van der Waals surface area contributed by atoms with Gasteiger partial charge in [-0.05, 0) is 42.1 Å². The Morgan fingerprint density at radius 3 is 2.67 bits per heavy atom. The van der Waals surface area contributed by atoms with Crippen LogP contribution in [0.1, 0.15) is 12.2 Å². The van der Waals surface area contributed by atoms with Crippen LogP contribution in [0, 0.1) is 5.82 Å². The van der Waals surface area contributed by atoms with E-state index in [0.29, 0.717) is 27.8 Å². The number of benzene rings is 2. The van der Waals surface area contributed by atoms with Gasteiger partial charge in [-0.15, -0.1) is 11.3 Å². The Bertz CT molecular complexity index is 1790. The van der Waals surface area contributed by atoms with Crippen molar-refractivity contribution in [1.82, 2.24) is 14.3 Å². The summed E-state index contributed by atoms with van der Waals surface area (Å²) < 4.78 is 46.7. The van der Waals surface area contributed by atoms with E-state index in [4.69, 9.17) is 27.2 Å².